The third-order valence-electron chi connectivity index (χ3n) is 3.18. The summed E-state index contributed by atoms with van der Waals surface area (Å²) in [6.45, 7) is 2.86. The molecule has 0 saturated heterocycles. The maximum atomic E-state index is 5.91. The van der Waals surface area contributed by atoms with E-state index in [-0.39, 0.29) is 6.10 Å². The van der Waals surface area contributed by atoms with Gasteiger partial charge < -0.3 is 14.3 Å². The average Bonchev–Trinajstić information content (AvgIpc) is 2.87. The Morgan fingerprint density at radius 3 is 3.00 bits per heavy atom. The zero-order chi connectivity index (χ0) is 11.8. The monoisotopic (exact) mass is 246 g/mol. The minimum absolute atomic E-state index is 0.189. The van der Waals surface area contributed by atoms with Crippen LogP contribution in [-0.4, -0.2) is 15.7 Å². The zero-order valence-electron chi connectivity index (χ0n) is 9.64. The van der Waals surface area contributed by atoms with E-state index in [0.29, 0.717) is 0 Å². The lowest BCUT2D eigenvalue weighted by molar-refractivity contribution is 0.207. The van der Waals surface area contributed by atoms with Crippen LogP contribution in [0.3, 0.4) is 0 Å². The summed E-state index contributed by atoms with van der Waals surface area (Å²) in [7, 11) is 0. The molecule has 3 rings (SSSR count). The molecule has 1 aliphatic rings. The topological polar surface area (TPSA) is 29.9 Å². The Bertz CT molecular complexity index is 574. The minimum Gasteiger partial charge on any atom is -0.488 e. The lowest BCUT2D eigenvalue weighted by Crippen LogP contribution is -2.21. The summed E-state index contributed by atoms with van der Waals surface area (Å²) in [5.41, 5.74) is 2.44. The minimum atomic E-state index is 0.189. The number of fused-ring (bicyclic) bond motifs is 1. The van der Waals surface area contributed by atoms with Gasteiger partial charge in [0.1, 0.15) is 11.9 Å². The van der Waals surface area contributed by atoms with Crippen molar-refractivity contribution in [3.8, 4) is 5.75 Å². The smallest absolute Gasteiger partial charge is 0.177 e. The number of aryl methyl sites for hydroxylation is 1. The van der Waals surface area contributed by atoms with Crippen LogP contribution < -0.4 is 4.74 Å². The number of nitrogens with one attached hydrogen (secondary N) is 1. The molecule has 0 radical (unpaired) electrons. The molecule has 0 fully saturated rings. The average molecular weight is 246 g/mol. The molecule has 1 unspecified atom stereocenters. The number of H-pyrrole nitrogens is 1. The summed E-state index contributed by atoms with van der Waals surface area (Å²) in [5.74, 6) is 1.01. The van der Waals surface area contributed by atoms with Crippen molar-refractivity contribution < 1.29 is 4.74 Å². The molecule has 4 heteroatoms. The third kappa shape index (κ3) is 1.89. The molecule has 2 heterocycles. The predicted octanol–water partition coefficient (Wildman–Crippen LogP) is 2.86. The van der Waals surface area contributed by atoms with Crippen molar-refractivity contribution >= 4 is 12.2 Å². The van der Waals surface area contributed by atoms with Crippen molar-refractivity contribution in [2.45, 2.75) is 26.0 Å². The maximum Gasteiger partial charge on any atom is 0.177 e. The number of imidazole rings is 1. The van der Waals surface area contributed by atoms with Crippen LogP contribution in [-0.2, 0) is 13.0 Å². The highest BCUT2D eigenvalue weighted by molar-refractivity contribution is 7.71. The first-order chi connectivity index (χ1) is 8.24. The van der Waals surface area contributed by atoms with Crippen LogP contribution in [0.25, 0.3) is 0 Å². The van der Waals surface area contributed by atoms with Crippen LogP contribution in [0.4, 0.5) is 0 Å². The van der Waals surface area contributed by atoms with Gasteiger partial charge in [-0.15, -0.1) is 0 Å². The number of rotatable bonds is 2. The molecule has 1 aliphatic heterocycles. The molecule has 3 nitrogen and oxygen atoms in total. The second kappa shape index (κ2) is 4.04. The largest absolute Gasteiger partial charge is 0.488 e. The second-order valence-electron chi connectivity index (χ2n) is 4.40. The van der Waals surface area contributed by atoms with Crippen LogP contribution in [0, 0.1) is 11.7 Å². The van der Waals surface area contributed by atoms with Gasteiger partial charge in [-0.2, -0.15) is 0 Å². The number of aromatic amines is 1. The number of hydrogen-bond acceptors (Lipinski definition) is 2. The van der Waals surface area contributed by atoms with Crippen molar-refractivity contribution in [1.29, 1.82) is 0 Å². The van der Waals surface area contributed by atoms with Crippen LogP contribution in [0.1, 0.15) is 11.3 Å². The van der Waals surface area contributed by atoms with E-state index in [4.69, 9.17) is 17.0 Å². The Labute approximate surface area is 105 Å². The van der Waals surface area contributed by atoms with Crippen molar-refractivity contribution in [1.82, 2.24) is 9.55 Å². The van der Waals surface area contributed by atoms with Gasteiger partial charge in [0.15, 0.2) is 4.77 Å². The van der Waals surface area contributed by atoms with E-state index in [1.165, 1.54) is 5.56 Å². The molecule has 1 atom stereocenters. The Morgan fingerprint density at radius 1 is 1.47 bits per heavy atom. The lowest BCUT2D eigenvalue weighted by atomic mass is 10.1. The van der Waals surface area contributed by atoms with E-state index in [0.717, 1.165) is 29.2 Å². The van der Waals surface area contributed by atoms with Crippen molar-refractivity contribution in [3.63, 3.8) is 0 Å². The fourth-order valence-corrected chi connectivity index (χ4v) is 2.55. The zero-order valence-corrected chi connectivity index (χ0v) is 10.5. The molecular formula is C13H14N2OS. The molecule has 1 aromatic carbocycles. The van der Waals surface area contributed by atoms with Gasteiger partial charge in [0.2, 0.25) is 0 Å². The number of nitrogens with zero attached hydrogens (tertiary/aromatic N) is 1. The van der Waals surface area contributed by atoms with Gasteiger partial charge >= 0.3 is 0 Å². The Kier molecular flexibility index (Phi) is 2.52. The van der Waals surface area contributed by atoms with Gasteiger partial charge in [-0.05, 0) is 30.8 Å². The third-order valence-corrected chi connectivity index (χ3v) is 3.51. The molecule has 0 saturated carbocycles. The van der Waals surface area contributed by atoms with E-state index in [2.05, 4.69) is 21.7 Å². The molecular weight excluding hydrogens is 232 g/mol. The lowest BCUT2D eigenvalue weighted by Gasteiger charge is -2.12. The normalized spacial score (nSPS) is 17.8. The fraction of sp³-hybridized carbons (Fsp3) is 0.308. The first-order valence-corrected chi connectivity index (χ1v) is 6.14. The molecule has 88 valence electrons. The predicted molar refractivity (Wildman–Crippen MR) is 68.9 cm³/mol. The van der Waals surface area contributed by atoms with Crippen molar-refractivity contribution in [3.05, 3.63) is 46.5 Å². The molecule has 17 heavy (non-hydrogen) atoms. The van der Waals surface area contributed by atoms with Gasteiger partial charge in [-0.1, -0.05) is 18.2 Å². The number of benzene rings is 1. The van der Waals surface area contributed by atoms with Gasteiger partial charge in [-0.25, -0.2) is 0 Å². The number of aromatic nitrogens is 2. The Hall–Kier alpha value is -1.55. The highest BCUT2D eigenvalue weighted by Gasteiger charge is 2.23. The first-order valence-electron chi connectivity index (χ1n) is 5.73. The summed E-state index contributed by atoms with van der Waals surface area (Å²) in [6.07, 6.45) is 3.08. The van der Waals surface area contributed by atoms with E-state index >= 15 is 0 Å². The Balaban J connectivity index is 1.80. The second-order valence-corrected chi connectivity index (χ2v) is 4.78. The highest BCUT2D eigenvalue weighted by atomic mass is 32.1. The molecule has 0 amide bonds. The van der Waals surface area contributed by atoms with Gasteiger partial charge in [-0.3, -0.25) is 0 Å². The van der Waals surface area contributed by atoms with Gasteiger partial charge in [0.05, 0.1) is 6.54 Å². The Morgan fingerprint density at radius 2 is 2.29 bits per heavy atom. The molecule has 1 aromatic heterocycles. The molecule has 0 aliphatic carbocycles. The van der Waals surface area contributed by atoms with Crippen molar-refractivity contribution in [2.75, 3.05) is 0 Å². The quantitative estimate of drug-likeness (QED) is 0.826. The van der Waals surface area contributed by atoms with Crippen LogP contribution >= 0.6 is 12.2 Å². The van der Waals surface area contributed by atoms with E-state index in [9.17, 15) is 0 Å². The van der Waals surface area contributed by atoms with Crippen LogP contribution in [0.5, 0.6) is 5.75 Å². The van der Waals surface area contributed by atoms with E-state index < -0.39 is 0 Å². The summed E-state index contributed by atoms with van der Waals surface area (Å²) in [4.78, 5) is 3.05. The number of ether oxygens (including phenoxy) is 1. The molecule has 0 bridgehead atoms. The van der Waals surface area contributed by atoms with E-state index in [1.807, 2.05) is 25.3 Å². The molecule has 2 aromatic rings. The number of para-hydroxylation sites is 1. The van der Waals surface area contributed by atoms with Gasteiger partial charge in [0.25, 0.3) is 0 Å². The van der Waals surface area contributed by atoms with Crippen molar-refractivity contribution in [2.24, 2.45) is 0 Å². The highest BCUT2D eigenvalue weighted by Crippen LogP contribution is 2.28. The SMILES string of the molecule is Cc1c[nH]c(=S)n1CC1Cc2ccccc2O1. The summed E-state index contributed by atoms with van der Waals surface area (Å²) >= 11 is 5.25. The molecule has 0 spiro atoms. The molecule has 1 N–H and O–H groups in total. The van der Waals surface area contributed by atoms with Gasteiger partial charge in [0, 0.05) is 18.3 Å². The number of hydrogen-bond donors (Lipinski definition) is 1. The summed E-state index contributed by atoms with van der Waals surface area (Å²) in [6, 6.07) is 8.21. The van der Waals surface area contributed by atoms with E-state index in [1.54, 1.807) is 0 Å². The summed E-state index contributed by atoms with van der Waals surface area (Å²) < 4.78 is 8.76. The summed E-state index contributed by atoms with van der Waals surface area (Å²) in [5, 5.41) is 0. The fourth-order valence-electron chi connectivity index (χ4n) is 2.27. The maximum absolute atomic E-state index is 5.91. The standard InChI is InChI=1S/C13H14N2OS/c1-9-7-14-13(17)15(9)8-11-6-10-4-2-3-5-12(10)16-11/h2-5,7,11H,6,8H2,1H3,(H,14,17). The van der Waals surface area contributed by atoms with Crippen LogP contribution in [0.15, 0.2) is 30.5 Å². The van der Waals surface area contributed by atoms with Crippen LogP contribution in [0.2, 0.25) is 0 Å². The first kappa shape index (κ1) is 10.6.